The molecule has 4 rings (SSSR count). The Hall–Kier alpha value is -3.49. The van der Waals surface area contributed by atoms with Crippen molar-refractivity contribution in [3.63, 3.8) is 0 Å². The second-order valence-corrected chi connectivity index (χ2v) is 8.14. The number of aryl methyl sites for hydroxylation is 1. The lowest BCUT2D eigenvalue weighted by Gasteiger charge is -2.18. The van der Waals surface area contributed by atoms with Gasteiger partial charge in [0.1, 0.15) is 23.6 Å². The molecule has 0 aliphatic carbocycles. The zero-order valence-electron chi connectivity index (χ0n) is 19.5. The highest BCUT2D eigenvalue weighted by molar-refractivity contribution is 6.33. The van der Waals surface area contributed by atoms with Crippen LogP contribution in [0.25, 0.3) is 22.4 Å². The number of anilines is 2. The average molecular weight is 479 g/mol. The molecule has 1 N–H and O–H groups in total. The Morgan fingerprint density at radius 3 is 2.50 bits per heavy atom. The molecule has 2 aromatic heterocycles. The summed E-state index contributed by atoms with van der Waals surface area (Å²) in [6.45, 7) is 7.84. The molecule has 2 heterocycles. The van der Waals surface area contributed by atoms with Gasteiger partial charge in [-0.25, -0.2) is 9.97 Å². The summed E-state index contributed by atoms with van der Waals surface area (Å²) in [5.74, 6) is 1.17. The second-order valence-electron chi connectivity index (χ2n) is 7.73. The number of halogens is 1. The number of hydrogen-bond donors (Lipinski definition) is 1. The molecule has 8 nitrogen and oxygen atoms in total. The Morgan fingerprint density at radius 1 is 1.06 bits per heavy atom. The summed E-state index contributed by atoms with van der Waals surface area (Å²) in [5, 5.41) is 3.63. The molecule has 0 atom stereocenters. The van der Waals surface area contributed by atoms with E-state index in [4.69, 9.17) is 16.3 Å². The monoisotopic (exact) mass is 478 g/mol. The molecule has 0 bridgehead atoms. The van der Waals surface area contributed by atoms with Crippen LogP contribution in [0.3, 0.4) is 0 Å². The van der Waals surface area contributed by atoms with Crippen LogP contribution in [0.5, 0.6) is 5.75 Å². The predicted octanol–water partition coefficient (Wildman–Crippen LogP) is 4.51. The van der Waals surface area contributed by atoms with Crippen LogP contribution in [0.15, 0.2) is 59.5 Å². The van der Waals surface area contributed by atoms with E-state index in [0.717, 1.165) is 31.1 Å². The normalized spacial score (nSPS) is 11.2. The van der Waals surface area contributed by atoms with Gasteiger partial charge >= 0.3 is 0 Å². The first-order valence-electron chi connectivity index (χ1n) is 11.2. The number of fused-ring (bicyclic) bond motifs is 1. The molecule has 0 amide bonds. The lowest BCUT2D eigenvalue weighted by Crippen LogP contribution is -2.27. The van der Waals surface area contributed by atoms with Crippen LogP contribution in [0.4, 0.5) is 11.6 Å². The first kappa shape index (κ1) is 23.7. The lowest BCUT2D eigenvalue weighted by molar-refractivity contribution is 0.223. The molecule has 0 saturated heterocycles. The van der Waals surface area contributed by atoms with Gasteiger partial charge in [-0.2, -0.15) is 4.98 Å². The predicted molar refractivity (Wildman–Crippen MR) is 136 cm³/mol. The fourth-order valence-electron chi connectivity index (χ4n) is 3.60. The van der Waals surface area contributed by atoms with Crippen LogP contribution in [-0.2, 0) is 7.05 Å². The third-order valence-corrected chi connectivity index (χ3v) is 5.95. The van der Waals surface area contributed by atoms with Gasteiger partial charge in [-0.3, -0.25) is 9.36 Å². The maximum Gasteiger partial charge on any atom is 0.278 e. The molecule has 176 valence electrons. The van der Waals surface area contributed by atoms with E-state index < -0.39 is 0 Å². The van der Waals surface area contributed by atoms with Crippen LogP contribution in [-0.4, -0.2) is 50.7 Å². The standard InChI is InChI=1S/C25H27ClN6O2/c1-4-32(5-2)14-15-34-18-12-10-17(11-13-18)28-25-27-16-21-23(30-25)31(3)24(33)22(29-21)19-8-6-7-9-20(19)26/h6-13,16H,4-5,14-15H2,1-3H3,(H,27,28,30). The van der Waals surface area contributed by atoms with Crippen molar-refractivity contribution in [3.8, 4) is 17.0 Å². The van der Waals surface area contributed by atoms with Crippen molar-refractivity contribution in [2.45, 2.75) is 13.8 Å². The summed E-state index contributed by atoms with van der Waals surface area (Å²) in [6.07, 6.45) is 1.59. The number of likely N-dealkylation sites (N-methyl/N-ethyl adjacent to an activating group) is 1. The zero-order chi connectivity index (χ0) is 24.1. The van der Waals surface area contributed by atoms with Crippen molar-refractivity contribution in [1.82, 2.24) is 24.4 Å². The number of nitrogens with zero attached hydrogens (tertiary/aromatic N) is 5. The minimum absolute atomic E-state index is 0.265. The molecular formula is C25H27ClN6O2. The molecule has 4 aromatic rings. The summed E-state index contributed by atoms with van der Waals surface area (Å²) >= 11 is 6.28. The molecule has 34 heavy (non-hydrogen) atoms. The molecular weight excluding hydrogens is 452 g/mol. The first-order valence-corrected chi connectivity index (χ1v) is 11.6. The quantitative estimate of drug-likeness (QED) is 0.379. The molecule has 9 heteroatoms. The minimum Gasteiger partial charge on any atom is -0.492 e. The Bertz CT molecular complexity index is 1340. The molecule has 0 saturated carbocycles. The molecule has 0 unspecified atom stereocenters. The number of benzene rings is 2. The van der Waals surface area contributed by atoms with Crippen molar-refractivity contribution in [3.05, 3.63) is 70.1 Å². The van der Waals surface area contributed by atoms with E-state index in [2.05, 4.69) is 39.0 Å². The van der Waals surface area contributed by atoms with E-state index >= 15 is 0 Å². The van der Waals surface area contributed by atoms with E-state index in [1.807, 2.05) is 36.4 Å². The molecule has 0 aliphatic rings. The average Bonchev–Trinajstić information content (AvgIpc) is 2.86. The van der Waals surface area contributed by atoms with Gasteiger partial charge in [0.05, 0.1) is 11.2 Å². The summed E-state index contributed by atoms with van der Waals surface area (Å²) in [5.41, 5.74) is 2.29. The van der Waals surface area contributed by atoms with Crippen LogP contribution < -0.4 is 15.6 Å². The Morgan fingerprint density at radius 2 is 1.79 bits per heavy atom. The fourth-order valence-corrected chi connectivity index (χ4v) is 3.83. The lowest BCUT2D eigenvalue weighted by atomic mass is 10.1. The first-order chi connectivity index (χ1) is 16.5. The zero-order valence-corrected chi connectivity index (χ0v) is 20.2. The van der Waals surface area contributed by atoms with Gasteiger partial charge in [0.15, 0.2) is 5.65 Å². The molecule has 0 spiro atoms. The smallest absolute Gasteiger partial charge is 0.278 e. The largest absolute Gasteiger partial charge is 0.492 e. The Balaban J connectivity index is 1.51. The summed E-state index contributed by atoms with van der Waals surface area (Å²) in [7, 11) is 1.66. The minimum atomic E-state index is -0.281. The topological polar surface area (TPSA) is 85.2 Å². The van der Waals surface area contributed by atoms with Crippen molar-refractivity contribution in [1.29, 1.82) is 0 Å². The van der Waals surface area contributed by atoms with E-state index in [-0.39, 0.29) is 11.3 Å². The van der Waals surface area contributed by atoms with Crippen LogP contribution in [0, 0.1) is 0 Å². The maximum atomic E-state index is 13.0. The number of aromatic nitrogens is 4. The van der Waals surface area contributed by atoms with Gasteiger partial charge in [-0.05, 0) is 43.4 Å². The van der Waals surface area contributed by atoms with Crippen LogP contribution in [0.2, 0.25) is 5.02 Å². The van der Waals surface area contributed by atoms with E-state index in [1.54, 1.807) is 25.4 Å². The van der Waals surface area contributed by atoms with Crippen molar-refractivity contribution in [2.75, 3.05) is 31.6 Å². The van der Waals surface area contributed by atoms with Gasteiger partial charge < -0.3 is 15.0 Å². The highest BCUT2D eigenvalue weighted by Crippen LogP contribution is 2.25. The highest BCUT2D eigenvalue weighted by Gasteiger charge is 2.15. The van der Waals surface area contributed by atoms with Gasteiger partial charge in [0.2, 0.25) is 5.95 Å². The number of nitrogens with one attached hydrogen (secondary N) is 1. The summed E-state index contributed by atoms with van der Waals surface area (Å²) in [4.78, 5) is 28.6. The number of rotatable bonds is 9. The highest BCUT2D eigenvalue weighted by atomic mass is 35.5. The van der Waals surface area contributed by atoms with Crippen LogP contribution >= 0.6 is 11.6 Å². The SMILES string of the molecule is CCN(CC)CCOc1ccc(Nc2ncc3nc(-c4ccccc4Cl)c(=O)n(C)c3n2)cc1. The van der Waals surface area contributed by atoms with Gasteiger partial charge in [0, 0.05) is 24.8 Å². The third-order valence-electron chi connectivity index (χ3n) is 5.62. The van der Waals surface area contributed by atoms with E-state index in [0.29, 0.717) is 34.3 Å². The number of hydrogen-bond acceptors (Lipinski definition) is 7. The number of ether oxygens (including phenoxy) is 1. The fraction of sp³-hybridized carbons (Fsp3) is 0.280. The van der Waals surface area contributed by atoms with Gasteiger partial charge in [-0.1, -0.05) is 43.6 Å². The molecule has 2 aromatic carbocycles. The van der Waals surface area contributed by atoms with E-state index in [1.165, 1.54) is 4.57 Å². The van der Waals surface area contributed by atoms with Crippen LogP contribution in [0.1, 0.15) is 13.8 Å². The summed E-state index contributed by atoms with van der Waals surface area (Å²) in [6, 6.07) is 14.7. The third kappa shape index (κ3) is 5.18. The second kappa shape index (κ2) is 10.6. The van der Waals surface area contributed by atoms with Crippen molar-refractivity contribution >= 4 is 34.4 Å². The molecule has 0 radical (unpaired) electrons. The van der Waals surface area contributed by atoms with E-state index in [9.17, 15) is 4.79 Å². The van der Waals surface area contributed by atoms with Crippen molar-refractivity contribution < 1.29 is 4.74 Å². The maximum absolute atomic E-state index is 13.0. The Kier molecular flexibility index (Phi) is 7.40. The van der Waals surface area contributed by atoms with Gasteiger partial charge in [0.25, 0.3) is 5.56 Å². The Labute approximate surface area is 203 Å². The molecule has 0 aliphatic heterocycles. The van der Waals surface area contributed by atoms with Crippen molar-refractivity contribution in [2.24, 2.45) is 7.05 Å². The van der Waals surface area contributed by atoms with Gasteiger partial charge in [-0.15, -0.1) is 0 Å². The molecule has 0 fully saturated rings. The summed E-state index contributed by atoms with van der Waals surface area (Å²) < 4.78 is 7.29.